The van der Waals surface area contributed by atoms with Crippen LogP contribution >= 0.6 is 23.2 Å². The Kier molecular flexibility index (Phi) is 4.81. The summed E-state index contributed by atoms with van der Waals surface area (Å²) in [6.07, 6.45) is 2.28. The molecule has 4 nitrogen and oxygen atoms in total. The molecule has 0 radical (unpaired) electrons. The molecule has 0 spiro atoms. The van der Waals surface area contributed by atoms with Gasteiger partial charge in [-0.1, -0.05) is 29.3 Å². The van der Waals surface area contributed by atoms with Crippen LogP contribution in [0, 0.1) is 5.82 Å². The van der Waals surface area contributed by atoms with Crippen LogP contribution in [0.3, 0.4) is 0 Å². The molecule has 0 saturated heterocycles. The van der Waals surface area contributed by atoms with Crippen LogP contribution in [0.1, 0.15) is 21.6 Å². The van der Waals surface area contributed by atoms with E-state index in [1.54, 1.807) is 23.2 Å². The third kappa shape index (κ3) is 3.53. The minimum Gasteiger partial charge on any atom is -0.334 e. The second-order valence-electron chi connectivity index (χ2n) is 6.25. The molecule has 4 rings (SSSR count). The van der Waals surface area contributed by atoms with Crippen LogP contribution in [0.15, 0.2) is 48.7 Å². The molecule has 3 aromatic rings. The van der Waals surface area contributed by atoms with Gasteiger partial charge in [0.15, 0.2) is 5.82 Å². The maximum Gasteiger partial charge on any atom is 0.258 e. The number of aromatic nitrogens is 2. The van der Waals surface area contributed by atoms with Crippen molar-refractivity contribution in [1.29, 1.82) is 0 Å². The highest BCUT2D eigenvalue weighted by atomic mass is 35.5. The standard InChI is InChI=1S/C20H14Cl2FN3O/c21-14-6-4-12(5-7-14)19-24-10-13-11-26(9-8-17(13)25-19)20(27)18-15(22)2-1-3-16(18)23/h1-7,10H,8-9,11H2. The predicted octanol–water partition coefficient (Wildman–Crippen LogP) is 4.79. The second kappa shape index (κ2) is 7.25. The lowest BCUT2D eigenvalue weighted by Crippen LogP contribution is -2.37. The molecule has 0 saturated carbocycles. The average molecular weight is 402 g/mol. The lowest BCUT2D eigenvalue weighted by Gasteiger charge is -2.28. The van der Waals surface area contributed by atoms with Crippen molar-refractivity contribution in [1.82, 2.24) is 14.9 Å². The Bertz CT molecular complexity index is 1000. The SMILES string of the molecule is O=C(c1c(F)cccc1Cl)N1CCc2nc(-c3ccc(Cl)cc3)ncc2C1. The Morgan fingerprint density at radius 2 is 1.89 bits per heavy atom. The van der Waals surface area contributed by atoms with Crippen LogP contribution in [-0.2, 0) is 13.0 Å². The fraction of sp³-hybridized carbons (Fsp3) is 0.150. The van der Waals surface area contributed by atoms with Gasteiger partial charge in [0.1, 0.15) is 5.82 Å². The van der Waals surface area contributed by atoms with E-state index in [0.717, 1.165) is 16.8 Å². The quantitative estimate of drug-likeness (QED) is 0.620. The van der Waals surface area contributed by atoms with Gasteiger partial charge in [0.2, 0.25) is 0 Å². The van der Waals surface area contributed by atoms with Crippen LogP contribution in [0.2, 0.25) is 10.0 Å². The predicted molar refractivity (Wildman–Crippen MR) is 102 cm³/mol. The Balaban J connectivity index is 1.59. The number of carbonyl (C=O) groups is 1. The van der Waals surface area contributed by atoms with Gasteiger partial charge in [-0.25, -0.2) is 14.4 Å². The first-order valence-corrected chi connectivity index (χ1v) is 9.12. The smallest absolute Gasteiger partial charge is 0.258 e. The molecule has 2 heterocycles. The van der Waals surface area contributed by atoms with Crippen molar-refractivity contribution >= 4 is 29.1 Å². The van der Waals surface area contributed by atoms with E-state index in [1.807, 2.05) is 12.1 Å². The zero-order chi connectivity index (χ0) is 19.0. The van der Waals surface area contributed by atoms with E-state index in [4.69, 9.17) is 23.2 Å². The van der Waals surface area contributed by atoms with E-state index in [2.05, 4.69) is 9.97 Å². The molecular formula is C20H14Cl2FN3O. The summed E-state index contributed by atoms with van der Waals surface area (Å²) in [5, 5.41) is 0.762. The Hall–Kier alpha value is -2.50. The molecule has 0 bridgehead atoms. The molecule has 136 valence electrons. The highest BCUT2D eigenvalue weighted by molar-refractivity contribution is 6.33. The van der Waals surface area contributed by atoms with Crippen molar-refractivity contribution < 1.29 is 9.18 Å². The van der Waals surface area contributed by atoms with Gasteiger partial charge in [-0.15, -0.1) is 0 Å². The zero-order valence-electron chi connectivity index (χ0n) is 14.1. The molecule has 1 aromatic heterocycles. The summed E-state index contributed by atoms with van der Waals surface area (Å²) in [5.74, 6) is -0.430. The number of rotatable bonds is 2. The van der Waals surface area contributed by atoms with Crippen molar-refractivity contribution in [3.05, 3.63) is 81.3 Å². The maximum atomic E-state index is 14.1. The first kappa shape index (κ1) is 17.9. The molecule has 2 aromatic carbocycles. The highest BCUT2D eigenvalue weighted by Crippen LogP contribution is 2.26. The van der Waals surface area contributed by atoms with Crippen LogP contribution in [0.4, 0.5) is 4.39 Å². The van der Waals surface area contributed by atoms with Crippen molar-refractivity contribution in [2.24, 2.45) is 0 Å². The summed E-state index contributed by atoms with van der Waals surface area (Å²) in [6.45, 7) is 0.757. The van der Waals surface area contributed by atoms with E-state index < -0.39 is 11.7 Å². The van der Waals surface area contributed by atoms with Gasteiger partial charge >= 0.3 is 0 Å². The number of benzene rings is 2. The first-order chi connectivity index (χ1) is 13.0. The number of carbonyl (C=O) groups excluding carboxylic acids is 1. The highest BCUT2D eigenvalue weighted by Gasteiger charge is 2.26. The van der Waals surface area contributed by atoms with Crippen LogP contribution in [0.5, 0.6) is 0 Å². The third-order valence-electron chi connectivity index (χ3n) is 4.50. The van der Waals surface area contributed by atoms with Crippen molar-refractivity contribution in [3.8, 4) is 11.4 Å². The van der Waals surface area contributed by atoms with Crippen molar-refractivity contribution in [3.63, 3.8) is 0 Å². The number of halogens is 3. The normalized spacial score (nSPS) is 13.4. The number of fused-ring (bicyclic) bond motifs is 1. The largest absolute Gasteiger partial charge is 0.334 e. The average Bonchev–Trinajstić information content (AvgIpc) is 2.67. The van der Waals surface area contributed by atoms with Gasteiger partial charge in [-0.05, 0) is 36.4 Å². The maximum absolute atomic E-state index is 14.1. The summed E-state index contributed by atoms with van der Waals surface area (Å²) < 4.78 is 14.1. The molecule has 7 heteroatoms. The molecule has 0 atom stereocenters. The number of hydrogen-bond acceptors (Lipinski definition) is 3. The Labute approximate surface area is 165 Å². The molecule has 1 amide bonds. The van der Waals surface area contributed by atoms with Crippen molar-refractivity contribution in [2.45, 2.75) is 13.0 Å². The molecule has 1 aliphatic rings. The summed E-state index contributed by atoms with van der Waals surface area (Å²) in [5.41, 5.74) is 2.51. The van der Waals surface area contributed by atoms with Crippen LogP contribution < -0.4 is 0 Å². The monoisotopic (exact) mass is 401 g/mol. The summed E-state index contributed by atoms with van der Waals surface area (Å²) in [7, 11) is 0. The minimum absolute atomic E-state index is 0.0960. The minimum atomic E-state index is -0.618. The summed E-state index contributed by atoms with van der Waals surface area (Å²) in [4.78, 5) is 23.3. The van der Waals surface area contributed by atoms with E-state index >= 15 is 0 Å². The molecule has 1 aliphatic heterocycles. The van der Waals surface area contributed by atoms with Gasteiger partial charge in [0.25, 0.3) is 5.91 Å². The van der Waals surface area contributed by atoms with Crippen LogP contribution in [-0.4, -0.2) is 27.3 Å². The van der Waals surface area contributed by atoms with Gasteiger partial charge in [-0.3, -0.25) is 4.79 Å². The van der Waals surface area contributed by atoms with E-state index in [1.165, 1.54) is 18.2 Å². The van der Waals surface area contributed by atoms with Gasteiger partial charge in [0.05, 0.1) is 16.3 Å². The van der Waals surface area contributed by atoms with Gasteiger partial charge in [0, 0.05) is 41.9 Å². The first-order valence-electron chi connectivity index (χ1n) is 8.37. The summed E-state index contributed by atoms with van der Waals surface area (Å²) >= 11 is 11.9. The molecule has 0 fully saturated rings. The van der Waals surface area contributed by atoms with E-state index in [9.17, 15) is 9.18 Å². The lowest BCUT2D eigenvalue weighted by molar-refractivity contribution is 0.0729. The molecule has 0 N–H and O–H groups in total. The molecule has 0 aliphatic carbocycles. The topological polar surface area (TPSA) is 46.1 Å². The fourth-order valence-electron chi connectivity index (χ4n) is 3.09. The molecular weight excluding hydrogens is 388 g/mol. The summed E-state index contributed by atoms with van der Waals surface area (Å²) in [6, 6.07) is 11.5. The van der Waals surface area contributed by atoms with E-state index in [-0.39, 0.29) is 10.6 Å². The number of amides is 1. The molecule has 27 heavy (non-hydrogen) atoms. The number of nitrogens with zero attached hydrogens (tertiary/aromatic N) is 3. The van der Waals surface area contributed by atoms with Gasteiger partial charge < -0.3 is 4.90 Å². The Morgan fingerprint density at radius 1 is 1.11 bits per heavy atom. The van der Waals surface area contributed by atoms with Crippen molar-refractivity contribution in [2.75, 3.05) is 6.54 Å². The van der Waals surface area contributed by atoms with E-state index in [0.29, 0.717) is 30.4 Å². The molecule has 0 unspecified atom stereocenters. The third-order valence-corrected chi connectivity index (χ3v) is 5.07. The zero-order valence-corrected chi connectivity index (χ0v) is 15.6. The lowest BCUT2D eigenvalue weighted by atomic mass is 10.0. The second-order valence-corrected chi connectivity index (χ2v) is 7.09. The van der Waals surface area contributed by atoms with Crippen LogP contribution in [0.25, 0.3) is 11.4 Å². The van der Waals surface area contributed by atoms with Gasteiger partial charge in [-0.2, -0.15) is 0 Å². The fourth-order valence-corrected chi connectivity index (χ4v) is 3.46. The Morgan fingerprint density at radius 3 is 2.63 bits per heavy atom. The number of hydrogen-bond donors (Lipinski definition) is 0.